The van der Waals surface area contributed by atoms with E-state index < -0.39 is 22.4 Å². The minimum absolute atomic E-state index is 0.00140. The highest BCUT2D eigenvalue weighted by molar-refractivity contribution is 5.88. The summed E-state index contributed by atoms with van der Waals surface area (Å²) < 4.78 is 82.3. The standard InChI is InChI=1S/C19H22FN7O4.C18H20FN7O2.C16H19N5O.C15H16FN5O.C15H17N5O2.C15H17N5O/c20-15-13-21-19(23-18(15)26-5-9-31-10-6-26)24-22-12-14-1-2-16(17(11-14)27(28)29)25-3-7-30-8-4-25;1-24-14-4-3-12(9-15(14)25(2)18(24)27)10-21-23-17-20-11-13(19)16(22-17)26-5-7-28-8-6-26;1-13-3-2-4-14(11-13)12-18-20-16-17-6-5-15(19-16)21-7-9-22-10-8-21;16-13-11-17-15(19-14(13)21-6-8-22-9-7-21)20-18-10-12-4-2-1-3-5-12;21-13-4-2-1-3-12(13)11-17-19-15-16-6-5-14(18-15)20-7-9-22-10-8-20;1-2-4-13(5-3-1)12-17-19-15-16-7-6-14(18-15)20-8-10-21-11-9-20/h1-2,11-13H,3-10H2,(H,21,23,24);3-4,9-11H,5-8H2,1-2H3,(H,20,22,23);2-6,11-12H,7-10H2,1H3,(H,17,19,20);1-5,10-11H,6-9H2,(H,17,19,20);1-6,11,21H,7-10H2,(H,16,18,19);1-7,12H,8-11H2,(H,16,18,19)/b22-12-;21-10-;18-12+;18-10+;17-11+;17-12+. The molecule has 7 aliphatic heterocycles. The number of rotatable bonds is 26. The number of hydrogen-bond acceptors (Lipinski definition) is 42. The van der Waals surface area contributed by atoms with Crippen LogP contribution in [0, 0.1) is 34.5 Å². The van der Waals surface area contributed by atoms with Crippen molar-refractivity contribution in [2.24, 2.45) is 44.7 Å². The van der Waals surface area contributed by atoms with Crippen LogP contribution in [0.15, 0.2) is 236 Å². The number of hydrogen-bond donors (Lipinski definition) is 7. The van der Waals surface area contributed by atoms with Crippen molar-refractivity contribution in [1.29, 1.82) is 0 Å². The second-order valence-corrected chi connectivity index (χ2v) is 32.7. The van der Waals surface area contributed by atoms with E-state index >= 15 is 0 Å². The Hall–Kier alpha value is -16.8. The largest absolute Gasteiger partial charge is 0.507 e. The first-order chi connectivity index (χ1) is 71.5. The summed E-state index contributed by atoms with van der Waals surface area (Å²) in [7, 11) is 3.46. The molecule has 20 rings (SSSR count). The summed E-state index contributed by atoms with van der Waals surface area (Å²) in [5.74, 6) is 4.04. The van der Waals surface area contributed by atoms with E-state index in [0.29, 0.717) is 153 Å². The smallest absolute Gasteiger partial charge is 0.328 e. The number of phenols is 1. The van der Waals surface area contributed by atoms with Crippen LogP contribution in [0.2, 0.25) is 0 Å². The maximum Gasteiger partial charge on any atom is 0.328 e. The van der Waals surface area contributed by atoms with Crippen molar-refractivity contribution >= 4 is 130 Å². The molecule has 6 aromatic carbocycles. The van der Waals surface area contributed by atoms with E-state index in [0.717, 1.165) is 135 Å². The zero-order chi connectivity index (χ0) is 101. The number of imidazole rings is 1. The molecule has 14 heterocycles. The third-order valence-electron chi connectivity index (χ3n) is 22.7. The molecular formula is C98H111F3N34O11. The average molecular weight is 2000 g/mol. The van der Waals surface area contributed by atoms with Crippen molar-refractivity contribution in [3.05, 3.63) is 278 Å². The van der Waals surface area contributed by atoms with Crippen molar-refractivity contribution < 1.29 is 56.4 Å². The molecule has 0 bridgehead atoms. The number of aromatic nitrogens is 14. The molecule has 0 saturated carbocycles. The Balaban J connectivity index is 0.000000132. The van der Waals surface area contributed by atoms with Crippen LogP contribution in [0.5, 0.6) is 5.75 Å². The predicted octanol–water partition coefficient (Wildman–Crippen LogP) is 9.92. The molecule has 0 amide bonds. The van der Waals surface area contributed by atoms with E-state index in [1.54, 1.807) is 102 Å². The molecule has 7 saturated heterocycles. The Morgan fingerprint density at radius 3 is 1.03 bits per heavy atom. The monoisotopic (exact) mass is 2000 g/mol. The topological polar surface area (TPSA) is 479 Å². The second-order valence-electron chi connectivity index (χ2n) is 32.7. The summed E-state index contributed by atoms with van der Waals surface area (Å²) in [6, 6.07) is 50.8. The van der Waals surface area contributed by atoms with Crippen molar-refractivity contribution in [3.8, 4) is 5.75 Å². The van der Waals surface area contributed by atoms with Gasteiger partial charge in [0.1, 0.15) is 28.9 Å². The van der Waals surface area contributed by atoms with Gasteiger partial charge < -0.3 is 72.6 Å². The van der Waals surface area contributed by atoms with E-state index in [4.69, 9.17) is 33.2 Å². The third-order valence-corrected chi connectivity index (χ3v) is 22.7. The number of aryl methyl sites for hydroxylation is 3. The molecule has 760 valence electrons. The predicted molar refractivity (Wildman–Crippen MR) is 554 cm³/mol. The molecule has 0 radical (unpaired) electrons. The fraction of sp³-hybridized carbons (Fsp3) is 0.316. The molecule has 7 aliphatic rings. The lowest BCUT2D eigenvalue weighted by atomic mass is 10.1. The maximum atomic E-state index is 14.1. The van der Waals surface area contributed by atoms with Crippen LogP contribution in [-0.4, -0.2) is 300 Å². The third kappa shape index (κ3) is 31.1. The van der Waals surface area contributed by atoms with Gasteiger partial charge in [-0.1, -0.05) is 115 Å². The lowest BCUT2D eigenvalue weighted by molar-refractivity contribution is -0.384. The van der Waals surface area contributed by atoms with Crippen LogP contribution >= 0.6 is 0 Å². The lowest BCUT2D eigenvalue weighted by Gasteiger charge is -2.28. The summed E-state index contributed by atoms with van der Waals surface area (Å²) in [6.07, 6.45) is 18.2. The average Bonchev–Trinajstić information content (AvgIpc) is 1.65. The van der Waals surface area contributed by atoms with Crippen LogP contribution < -0.4 is 72.5 Å². The van der Waals surface area contributed by atoms with E-state index in [2.05, 4.69) is 157 Å². The number of para-hydroxylation sites is 1. The molecule has 7 N–H and O–H groups in total. The zero-order valence-corrected chi connectivity index (χ0v) is 80.5. The number of nitrogens with zero attached hydrogens (tertiary/aromatic N) is 28. The number of phenolic OH excluding ortho intramolecular Hbond substituents is 1. The summed E-state index contributed by atoms with van der Waals surface area (Å²) in [6.45, 7) is 20.4. The first-order valence-corrected chi connectivity index (χ1v) is 47.0. The molecule has 45 nitrogen and oxygen atoms in total. The zero-order valence-electron chi connectivity index (χ0n) is 80.5. The number of benzene rings is 6. The van der Waals surface area contributed by atoms with Gasteiger partial charge in [-0.15, -0.1) is 0 Å². The van der Waals surface area contributed by atoms with E-state index in [-0.39, 0.29) is 52.4 Å². The van der Waals surface area contributed by atoms with E-state index in [1.165, 1.54) is 24.1 Å². The van der Waals surface area contributed by atoms with Gasteiger partial charge in [-0.05, 0) is 77.7 Å². The number of morpholine rings is 7. The van der Waals surface area contributed by atoms with E-state index in [1.807, 2.05) is 130 Å². The number of fused-ring (bicyclic) bond motifs is 1. The van der Waals surface area contributed by atoms with Gasteiger partial charge in [-0.25, -0.2) is 80.4 Å². The van der Waals surface area contributed by atoms with Crippen LogP contribution in [0.1, 0.15) is 38.9 Å². The number of hydrazone groups is 6. The van der Waals surface area contributed by atoms with Crippen molar-refractivity contribution in [2.45, 2.75) is 6.92 Å². The highest BCUT2D eigenvalue weighted by Gasteiger charge is 2.26. The van der Waals surface area contributed by atoms with Gasteiger partial charge >= 0.3 is 5.69 Å². The van der Waals surface area contributed by atoms with Gasteiger partial charge in [0.25, 0.3) is 5.69 Å². The van der Waals surface area contributed by atoms with Crippen molar-refractivity contribution in [1.82, 2.24) is 68.9 Å². The quantitative estimate of drug-likeness (QED) is 0.0150. The number of halogens is 3. The number of anilines is 13. The number of nitrogens with one attached hydrogen (secondary N) is 6. The number of nitro groups is 1. The maximum absolute atomic E-state index is 14.1. The minimum Gasteiger partial charge on any atom is -0.507 e. The Labute approximate surface area is 837 Å². The molecule has 0 spiro atoms. The van der Waals surface area contributed by atoms with E-state index in [9.17, 15) is 33.2 Å². The number of aromatic hydroxyl groups is 1. The summed E-state index contributed by atoms with van der Waals surface area (Å²) in [5.41, 5.74) is 24.9. The first-order valence-electron chi connectivity index (χ1n) is 47.0. The van der Waals surface area contributed by atoms with Crippen LogP contribution in [0.3, 0.4) is 0 Å². The van der Waals surface area contributed by atoms with Gasteiger partial charge in [-0.2, -0.15) is 60.5 Å². The molecule has 48 heteroatoms. The molecular weight excluding hydrogens is 1890 g/mol. The first kappa shape index (κ1) is 104. The minimum atomic E-state index is -0.522. The van der Waals surface area contributed by atoms with Gasteiger partial charge in [0, 0.05) is 142 Å². The molecule has 7 aromatic heterocycles. The molecule has 0 unspecified atom stereocenters. The van der Waals surface area contributed by atoms with Crippen molar-refractivity contribution in [2.75, 3.05) is 251 Å². The number of nitro benzene ring substituents is 1. The summed E-state index contributed by atoms with van der Waals surface area (Å²) >= 11 is 0. The lowest BCUT2D eigenvalue weighted by Crippen LogP contribution is -2.37. The SMILES string of the molecule is C(=N\Nc1nccc(N2CCOCC2)n1)/c1ccccc1.Cc1cccc(/C=N/Nc2nccc(N3CCOCC3)n2)c1.Cn1c(=O)n(C)c2cc(/C=N\Nc3ncc(F)c(N4CCOCC4)n3)ccc21.Fc1cnc(N/N=C/c2ccccc2)nc1N1CCOCC1.O=[N+]([O-])c1cc(/C=N\Nc2ncc(F)c(N3CCOCC3)n2)ccc1N1CCOCC1.Oc1ccccc1/C=N/Nc1nccc(N2CCOCC2)n1. The fourth-order valence-corrected chi connectivity index (χ4v) is 15.2. The highest BCUT2D eigenvalue weighted by Crippen LogP contribution is 2.31. The second kappa shape index (κ2) is 54.4. The Kier molecular flexibility index (Phi) is 38.6. The van der Waals surface area contributed by atoms with Gasteiger partial charge in [0.05, 0.1) is 164 Å². The van der Waals surface area contributed by atoms with Crippen LogP contribution in [-0.2, 0) is 47.3 Å². The van der Waals surface area contributed by atoms with Gasteiger partial charge in [-0.3, -0.25) is 19.2 Å². The molecule has 146 heavy (non-hydrogen) atoms. The highest BCUT2D eigenvalue weighted by atomic mass is 19.1. The Bertz CT molecular complexity index is 6620. The Morgan fingerprint density at radius 2 is 0.658 bits per heavy atom. The number of ether oxygens (including phenoxy) is 7. The van der Waals surface area contributed by atoms with Crippen molar-refractivity contribution in [3.63, 3.8) is 0 Å². The molecule has 13 aromatic rings. The van der Waals surface area contributed by atoms with Gasteiger partial charge in [0.15, 0.2) is 34.9 Å². The van der Waals surface area contributed by atoms with Gasteiger partial charge in [0.2, 0.25) is 35.7 Å². The molecule has 0 aliphatic carbocycles. The fourth-order valence-electron chi connectivity index (χ4n) is 15.2. The Morgan fingerprint density at radius 1 is 0.342 bits per heavy atom. The normalized spacial score (nSPS) is 15.6. The van der Waals surface area contributed by atoms with Crippen LogP contribution in [0.4, 0.5) is 95.1 Å². The molecule has 7 fully saturated rings. The molecule has 0 atom stereocenters. The summed E-state index contributed by atoms with van der Waals surface area (Å²) in [5, 5.41) is 45.9. The summed E-state index contributed by atoms with van der Waals surface area (Å²) in [4.78, 5) is 87.2. The van der Waals surface area contributed by atoms with Crippen LogP contribution in [0.25, 0.3) is 11.0 Å².